The van der Waals surface area contributed by atoms with Gasteiger partial charge in [0.1, 0.15) is 12.2 Å². The fraction of sp³-hybridized carbons (Fsp3) is 0.889. The van der Waals surface area contributed by atoms with E-state index in [1.807, 2.05) is 0 Å². The standard InChI is InChI=1S/C9H15NO5/c1-8(2)14-6-5(12)3-10-7(13)9(6,4-11)15-8/h5-6,11-12H,3-4H2,1-2H3,(H,10,13)/t5-,6-,9-/m1/s1. The van der Waals surface area contributed by atoms with E-state index in [4.69, 9.17) is 9.47 Å². The van der Waals surface area contributed by atoms with Gasteiger partial charge < -0.3 is 25.0 Å². The summed E-state index contributed by atoms with van der Waals surface area (Å²) in [7, 11) is 0. The third kappa shape index (κ3) is 1.45. The minimum Gasteiger partial charge on any atom is -0.393 e. The number of hydrogen-bond donors (Lipinski definition) is 3. The molecule has 0 spiro atoms. The predicted octanol–water partition coefficient (Wildman–Crippen LogP) is -1.64. The van der Waals surface area contributed by atoms with Crippen LogP contribution in [0.4, 0.5) is 0 Å². The molecule has 2 rings (SSSR count). The third-order valence-corrected chi connectivity index (χ3v) is 2.74. The second-order valence-corrected chi connectivity index (χ2v) is 4.37. The van der Waals surface area contributed by atoms with E-state index < -0.39 is 36.1 Å². The summed E-state index contributed by atoms with van der Waals surface area (Å²) in [6.07, 6.45) is -1.68. The zero-order valence-corrected chi connectivity index (χ0v) is 8.69. The average molecular weight is 217 g/mol. The molecule has 0 aromatic carbocycles. The maximum absolute atomic E-state index is 11.7. The second-order valence-electron chi connectivity index (χ2n) is 4.37. The topological polar surface area (TPSA) is 88.0 Å². The number of piperidine rings is 1. The third-order valence-electron chi connectivity index (χ3n) is 2.74. The first-order chi connectivity index (χ1) is 6.91. The largest absolute Gasteiger partial charge is 0.393 e. The second kappa shape index (κ2) is 3.15. The van der Waals surface area contributed by atoms with Crippen LogP contribution < -0.4 is 5.32 Å². The number of carbonyl (C=O) groups excluding carboxylic acids is 1. The molecule has 0 aromatic rings. The van der Waals surface area contributed by atoms with Crippen molar-refractivity contribution in [3.63, 3.8) is 0 Å². The van der Waals surface area contributed by atoms with E-state index >= 15 is 0 Å². The van der Waals surface area contributed by atoms with Crippen LogP contribution in [0, 0.1) is 0 Å². The van der Waals surface area contributed by atoms with E-state index in [2.05, 4.69) is 5.32 Å². The number of hydrogen-bond acceptors (Lipinski definition) is 5. The minimum atomic E-state index is -1.47. The molecule has 0 unspecified atom stereocenters. The Hall–Kier alpha value is -0.690. The Balaban J connectivity index is 2.37. The van der Waals surface area contributed by atoms with Crippen molar-refractivity contribution in [3.8, 4) is 0 Å². The lowest BCUT2D eigenvalue weighted by atomic mass is 9.89. The molecule has 2 aliphatic rings. The van der Waals surface area contributed by atoms with Crippen molar-refractivity contribution < 1.29 is 24.5 Å². The molecule has 2 fully saturated rings. The van der Waals surface area contributed by atoms with Gasteiger partial charge in [-0.25, -0.2) is 0 Å². The molecule has 6 nitrogen and oxygen atoms in total. The van der Waals surface area contributed by atoms with E-state index in [9.17, 15) is 15.0 Å². The van der Waals surface area contributed by atoms with Gasteiger partial charge in [0.15, 0.2) is 5.79 Å². The number of rotatable bonds is 1. The monoisotopic (exact) mass is 217 g/mol. The summed E-state index contributed by atoms with van der Waals surface area (Å²) in [6.45, 7) is 2.89. The van der Waals surface area contributed by atoms with E-state index in [0.29, 0.717) is 0 Å². The Morgan fingerprint density at radius 2 is 2.27 bits per heavy atom. The molecule has 3 atom stereocenters. The van der Waals surface area contributed by atoms with Crippen LogP contribution in [0.15, 0.2) is 0 Å². The van der Waals surface area contributed by atoms with E-state index in [-0.39, 0.29) is 6.54 Å². The summed E-state index contributed by atoms with van der Waals surface area (Å²) in [4.78, 5) is 11.7. The molecule has 0 radical (unpaired) electrons. The first kappa shape index (κ1) is 10.8. The number of ether oxygens (including phenoxy) is 2. The minimum absolute atomic E-state index is 0.116. The summed E-state index contributed by atoms with van der Waals surface area (Å²) in [5, 5.41) is 21.5. The zero-order valence-electron chi connectivity index (χ0n) is 8.69. The average Bonchev–Trinajstić information content (AvgIpc) is 2.46. The van der Waals surface area contributed by atoms with Gasteiger partial charge in [0.2, 0.25) is 5.60 Å². The molecule has 0 bridgehead atoms. The van der Waals surface area contributed by atoms with Gasteiger partial charge in [0.05, 0.1) is 6.61 Å². The number of carbonyl (C=O) groups is 1. The van der Waals surface area contributed by atoms with Crippen molar-refractivity contribution >= 4 is 5.91 Å². The molecule has 2 aliphatic heterocycles. The Kier molecular flexibility index (Phi) is 2.27. The van der Waals surface area contributed by atoms with E-state index in [0.717, 1.165) is 0 Å². The molecular weight excluding hydrogens is 202 g/mol. The van der Waals surface area contributed by atoms with Crippen molar-refractivity contribution in [2.45, 2.75) is 37.4 Å². The number of β-amino-alcohol motifs (C(OH)–C–C–N with tert-alkyl or cyclic N) is 1. The molecule has 0 saturated carbocycles. The highest BCUT2D eigenvalue weighted by molar-refractivity contribution is 5.87. The van der Waals surface area contributed by atoms with Crippen LogP contribution >= 0.6 is 0 Å². The van der Waals surface area contributed by atoms with Crippen molar-refractivity contribution in [2.24, 2.45) is 0 Å². The fourth-order valence-electron chi connectivity index (χ4n) is 2.13. The Bertz CT molecular complexity index is 292. The van der Waals surface area contributed by atoms with Crippen molar-refractivity contribution in [3.05, 3.63) is 0 Å². The number of aliphatic hydroxyl groups excluding tert-OH is 2. The van der Waals surface area contributed by atoms with Crippen LogP contribution in [0.3, 0.4) is 0 Å². The van der Waals surface area contributed by atoms with Crippen molar-refractivity contribution in [1.29, 1.82) is 0 Å². The van der Waals surface area contributed by atoms with Crippen LogP contribution in [-0.4, -0.2) is 52.9 Å². The molecule has 6 heteroatoms. The van der Waals surface area contributed by atoms with Crippen LogP contribution in [-0.2, 0) is 14.3 Å². The lowest BCUT2D eigenvalue weighted by Crippen LogP contribution is -2.66. The van der Waals surface area contributed by atoms with Crippen LogP contribution in [0.2, 0.25) is 0 Å². The molecule has 2 heterocycles. The quantitative estimate of drug-likeness (QED) is 0.490. The van der Waals surface area contributed by atoms with Gasteiger partial charge in [0, 0.05) is 6.54 Å². The highest BCUT2D eigenvalue weighted by atomic mass is 16.8. The fourth-order valence-corrected chi connectivity index (χ4v) is 2.13. The number of fused-ring (bicyclic) bond motifs is 1. The highest BCUT2D eigenvalue weighted by Crippen LogP contribution is 2.39. The summed E-state index contributed by atoms with van der Waals surface area (Å²) in [5.41, 5.74) is -1.47. The van der Waals surface area contributed by atoms with Gasteiger partial charge in [-0.1, -0.05) is 0 Å². The molecule has 0 aliphatic carbocycles. The highest BCUT2D eigenvalue weighted by Gasteiger charge is 2.62. The first-order valence-corrected chi connectivity index (χ1v) is 4.86. The van der Waals surface area contributed by atoms with Gasteiger partial charge in [-0.05, 0) is 13.8 Å². The maximum atomic E-state index is 11.7. The van der Waals surface area contributed by atoms with E-state index in [1.165, 1.54) is 0 Å². The normalized spacial score (nSPS) is 43.6. The van der Waals surface area contributed by atoms with E-state index in [1.54, 1.807) is 13.8 Å². The molecule has 1 amide bonds. The van der Waals surface area contributed by atoms with Crippen LogP contribution in [0.5, 0.6) is 0 Å². The Labute approximate surface area is 87.2 Å². The molecule has 15 heavy (non-hydrogen) atoms. The zero-order chi connectivity index (χ0) is 11.3. The Morgan fingerprint density at radius 3 is 2.80 bits per heavy atom. The number of amides is 1. The molecule has 0 aromatic heterocycles. The number of nitrogens with one attached hydrogen (secondary N) is 1. The Morgan fingerprint density at radius 1 is 1.60 bits per heavy atom. The lowest BCUT2D eigenvalue weighted by Gasteiger charge is -2.36. The van der Waals surface area contributed by atoms with Crippen molar-refractivity contribution in [2.75, 3.05) is 13.2 Å². The molecular formula is C9H15NO5. The van der Waals surface area contributed by atoms with Gasteiger partial charge in [0.25, 0.3) is 5.91 Å². The molecule has 86 valence electrons. The van der Waals surface area contributed by atoms with Crippen molar-refractivity contribution in [1.82, 2.24) is 5.32 Å². The lowest BCUT2D eigenvalue weighted by molar-refractivity contribution is -0.179. The summed E-state index contributed by atoms with van der Waals surface area (Å²) < 4.78 is 10.9. The summed E-state index contributed by atoms with van der Waals surface area (Å²) in [6, 6.07) is 0. The number of aliphatic hydroxyl groups is 2. The maximum Gasteiger partial charge on any atom is 0.257 e. The first-order valence-electron chi connectivity index (χ1n) is 4.86. The van der Waals surface area contributed by atoms with Gasteiger partial charge in [-0.15, -0.1) is 0 Å². The smallest absolute Gasteiger partial charge is 0.257 e. The van der Waals surface area contributed by atoms with Gasteiger partial charge >= 0.3 is 0 Å². The molecule has 3 N–H and O–H groups in total. The van der Waals surface area contributed by atoms with Crippen LogP contribution in [0.25, 0.3) is 0 Å². The SMILES string of the molecule is CC1(C)O[C@@H]2[C@H](O)CNC(=O)[C@]2(CO)O1. The van der Waals surface area contributed by atoms with Gasteiger partial charge in [-0.2, -0.15) is 0 Å². The molecule has 2 saturated heterocycles. The predicted molar refractivity (Wildman–Crippen MR) is 48.9 cm³/mol. The van der Waals surface area contributed by atoms with Gasteiger partial charge in [-0.3, -0.25) is 4.79 Å². The van der Waals surface area contributed by atoms with Crippen LogP contribution in [0.1, 0.15) is 13.8 Å². The summed E-state index contributed by atoms with van der Waals surface area (Å²) in [5.74, 6) is -1.42. The summed E-state index contributed by atoms with van der Waals surface area (Å²) >= 11 is 0.